The van der Waals surface area contributed by atoms with Gasteiger partial charge < -0.3 is 0 Å². The molecule has 13 heavy (non-hydrogen) atoms. The van der Waals surface area contributed by atoms with E-state index in [-0.39, 0.29) is 0 Å². The van der Waals surface area contributed by atoms with E-state index in [9.17, 15) is 0 Å². The van der Waals surface area contributed by atoms with Crippen molar-refractivity contribution in [1.82, 2.24) is 0 Å². The van der Waals surface area contributed by atoms with Crippen LogP contribution < -0.4 is 0 Å². The lowest BCUT2D eigenvalue weighted by Gasteiger charge is -2.17. The van der Waals surface area contributed by atoms with E-state index < -0.39 is 8.07 Å². The van der Waals surface area contributed by atoms with Crippen LogP contribution in [0.3, 0.4) is 0 Å². The van der Waals surface area contributed by atoms with Crippen molar-refractivity contribution in [3.63, 3.8) is 0 Å². The zero-order chi connectivity index (χ0) is 9.90. The summed E-state index contributed by atoms with van der Waals surface area (Å²) in [5, 5.41) is 0. The molecule has 70 valence electrons. The molecule has 0 fully saturated rings. The van der Waals surface area contributed by atoms with Crippen LogP contribution in [0.25, 0.3) is 5.57 Å². The summed E-state index contributed by atoms with van der Waals surface area (Å²) in [5.74, 6) is 0. The largest absolute Gasteiger partial charge is 0.0955 e. The molecule has 1 rings (SSSR count). The molecule has 0 spiro atoms. The van der Waals surface area contributed by atoms with Crippen molar-refractivity contribution in [2.75, 3.05) is 0 Å². The Labute approximate surface area is 82.3 Å². The summed E-state index contributed by atoms with van der Waals surface area (Å²) < 4.78 is 0. The number of hydrogen-bond donors (Lipinski definition) is 0. The first-order chi connectivity index (χ1) is 5.99. The summed E-state index contributed by atoms with van der Waals surface area (Å²) >= 11 is 0. The number of hydrogen-bond acceptors (Lipinski definition) is 0. The Morgan fingerprint density at radius 3 is 2.15 bits per heavy atom. The molecular weight excluding hydrogens is 172 g/mol. The van der Waals surface area contributed by atoms with Gasteiger partial charge in [0.1, 0.15) is 0 Å². The second-order valence-electron chi connectivity index (χ2n) is 4.71. The topological polar surface area (TPSA) is 0 Å². The zero-order valence-electron chi connectivity index (χ0n) is 8.80. The molecule has 0 atom stereocenters. The van der Waals surface area contributed by atoms with Crippen molar-refractivity contribution in [1.29, 1.82) is 0 Å². The lowest BCUT2D eigenvalue weighted by atomic mass is 10.1. The molecule has 0 unspecified atom stereocenters. The van der Waals surface area contributed by atoms with Gasteiger partial charge in [0.2, 0.25) is 0 Å². The predicted molar refractivity (Wildman–Crippen MR) is 63.6 cm³/mol. The summed E-state index contributed by atoms with van der Waals surface area (Å²) in [7, 11) is -1.00. The molecule has 1 aromatic carbocycles. The van der Waals surface area contributed by atoms with Gasteiger partial charge >= 0.3 is 0 Å². The van der Waals surface area contributed by atoms with Gasteiger partial charge in [-0.15, -0.1) is 0 Å². The fourth-order valence-electron chi connectivity index (χ4n) is 1.42. The third-order valence-corrected chi connectivity index (χ3v) is 3.41. The van der Waals surface area contributed by atoms with Gasteiger partial charge in [-0.3, -0.25) is 0 Å². The summed E-state index contributed by atoms with van der Waals surface area (Å²) in [6, 6.07) is 11.7. The maximum absolute atomic E-state index is 4.15. The van der Waals surface area contributed by atoms with Crippen LogP contribution in [0.1, 0.15) is 5.56 Å². The molecule has 0 aliphatic carbocycles. The third kappa shape index (κ3) is 3.60. The van der Waals surface area contributed by atoms with Gasteiger partial charge in [-0.1, -0.05) is 62.1 Å². The molecule has 0 bridgehead atoms. The Kier molecular flexibility index (Phi) is 3.10. The minimum absolute atomic E-state index is 1.00. The number of rotatable bonds is 3. The van der Waals surface area contributed by atoms with Crippen LogP contribution in [0.5, 0.6) is 0 Å². The summed E-state index contributed by atoms with van der Waals surface area (Å²) in [6.45, 7) is 11.3. The fourth-order valence-corrected chi connectivity index (χ4v) is 2.90. The van der Waals surface area contributed by atoms with Crippen LogP contribution in [0.2, 0.25) is 25.7 Å². The quantitative estimate of drug-likeness (QED) is 0.631. The van der Waals surface area contributed by atoms with E-state index in [2.05, 4.69) is 50.5 Å². The standard InChI is InChI=1S/C12H18Si/c1-11(10-13(2,3)4)12-8-6-5-7-9-12/h5-9H,1,10H2,2-4H3. The minimum Gasteiger partial charge on any atom is -0.0955 e. The van der Waals surface area contributed by atoms with E-state index >= 15 is 0 Å². The van der Waals surface area contributed by atoms with Gasteiger partial charge in [0.05, 0.1) is 0 Å². The smallest absolute Gasteiger partial charge is 0.0487 e. The number of benzene rings is 1. The van der Waals surface area contributed by atoms with E-state index in [1.54, 1.807) is 0 Å². The average Bonchev–Trinajstić information content (AvgIpc) is 2.03. The third-order valence-electron chi connectivity index (χ3n) is 1.93. The lowest BCUT2D eigenvalue weighted by molar-refractivity contribution is 1.49. The molecule has 1 heteroatoms. The Morgan fingerprint density at radius 1 is 1.15 bits per heavy atom. The van der Waals surface area contributed by atoms with E-state index in [4.69, 9.17) is 0 Å². The highest BCUT2D eigenvalue weighted by molar-refractivity contribution is 6.77. The molecule has 0 saturated carbocycles. The molecule has 0 saturated heterocycles. The van der Waals surface area contributed by atoms with Gasteiger partial charge in [0.15, 0.2) is 0 Å². The maximum Gasteiger partial charge on any atom is 0.0487 e. The Hall–Kier alpha value is -0.823. The van der Waals surface area contributed by atoms with Crippen LogP contribution in [-0.2, 0) is 0 Å². The van der Waals surface area contributed by atoms with Crippen molar-refractivity contribution in [3.05, 3.63) is 42.5 Å². The van der Waals surface area contributed by atoms with Crippen LogP contribution in [0.4, 0.5) is 0 Å². The van der Waals surface area contributed by atoms with E-state index in [1.807, 2.05) is 6.07 Å². The Bertz CT molecular complexity index is 280. The normalized spacial score (nSPS) is 11.3. The van der Waals surface area contributed by atoms with Crippen molar-refractivity contribution in [2.24, 2.45) is 0 Å². The lowest BCUT2D eigenvalue weighted by Crippen LogP contribution is -2.19. The number of allylic oxidation sites excluding steroid dienone is 1. The van der Waals surface area contributed by atoms with Gasteiger partial charge in [-0.05, 0) is 11.6 Å². The van der Waals surface area contributed by atoms with Crippen LogP contribution >= 0.6 is 0 Å². The first-order valence-electron chi connectivity index (χ1n) is 4.72. The molecule has 0 aliphatic heterocycles. The Morgan fingerprint density at radius 2 is 1.69 bits per heavy atom. The first kappa shape index (κ1) is 10.3. The first-order valence-corrected chi connectivity index (χ1v) is 8.43. The van der Waals surface area contributed by atoms with Crippen LogP contribution in [-0.4, -0.2) is 8.07 Å². The molecular formula is C12H18Si. The molecule has 0 heterocycles. The fraction of sp³-hybridized carbons (Fsp3) is 0.333. The van der Waals surface area contributed by atoms with E-state index in [1.165, 1.54) is 17.2 Å². The molecule has 0 nitrogen and oxygen atoms in total. The van der Waals surface area contributed by atoms with Crippen molar-refractivity contribution in [3.8, 4) is 0 Å². The molecule has 0 amide bonds. The second-order valence-corrected chi connectivity index (χ2v) is 10.2. The second kappa shape index (κ2) is 3.92. The van der Waals surface area contributed by atoms with Crippen LogP contribution in [0.15, 0.2) is 36.9 Å². The molecule has 0 radical (unpaired) electrons. The molecule has 1 aromatic rings. The summed E-state index contributed by atoms with van der Waals surface area (Å²) in [4.78, 5) is 0. The van der Waals surface area contributed by atoms with E-state index in [0.717, 1.165) is 0 Å². The summed E-state index contributed by atoms with van der Waals surface area (Å²) in [6.07, 6.45) is 0. The molecule has 0 N–H and O–H groups in total. The maximum atomic E-state index is 4.15. The van der Waals surface area contributed by atoms with Gasteiger partial charge in [0, 0.05) is 8.07 Å². The predicted octanol–water partition coefficient (Wildman–Crippen LogP) is 4.04. The average molecular weight is 190 g/mol. The zero-order valence-corrected chi connectivity index (χ0v) is 9.80. The van der Waals surface area contributed by atoms with Gasteiger partial charge in [0.25, 0.3) is 0 Å². The van der Waals surface area contributed by atoms with Gasteiger partial charge in [-0.25, -0.2) is 0 Å². The molecule has 0 aliphatic rings. The van der Waals surface area contributed by atoms with E-state index in [0.29, 0.717) is 0 Å². The van der Waals surface area contributed by atoms with Crippen molar-refractivity contribution >= 4 is 13.6 Å². The van der Waals surface area contributed by atoms with Crippen LogP contribution in [0, 0.1) is 0 Å². The molecule has 0 aromatic heterocycles. The summed E-state index contributed by atoms with van der Waals surface area (Å²) in [5.41, 5.74) is 2.59. The highest BCUT2D eigenvalue weighted by Crippen LogP contribution is 2.23. The highest BCUT2D eigenvalue weighted by atomic mass is 28.3. The Balaban J connectivity index is 2.71. The highest BCUT2D eigenvalue weighted by Gasteiger charge is 2.14. The van der Waals surface area contributed by atoms with Crippen molar-refractivity contribution in [2.45, 2.75) is 25.7 Å². The van der Waals surface area contributed by atoms with Gasteiger partial charge in [-0.2, -0.15) is 0 Å². The monoisotopic (exact) mass is 190 g/mol. The SMILES string of the molecule is C=C(C[Si](C)(C)C)c1ccccc1. The van der Waals surface area contributed by atoms with Crippen molar-refractivity contribution < 1.29 is 0 Å². The minimum atomic E-state index is -1.00.